The van der Waals surface area contributed by atoms with Crippen LogP contribution in [0.15, 0.2) is 70.6 Å². The highest BCUT2D eigenvalue weighted by molar-refractivity contribution is 5.85. The zero-order chi connectivity index (χ0) is 19.9. The number of phenolic OH excluding ortho intramolecular Hbond substituents is 4. The van der Waals surface area contributed by atoms with Gasteiger partial charge in [0.25, 0.3) is 0 Å². The highest BCUT2D eigenvalue weighted by Crippen LogP contribution is 2.27. The Bertz CT molecular complexity index is 950. The lowest BCUT2D eigenvalue weighted by Gasteiger charge is -2.03. The summed E-state index contributed by atoms with van der Waals surface area (Å²) in [6.07, 6.45) is 3.04. The van der Waals surface area contributed by atoms with Gasteiger partial charge in [-0.3, -0.25) is 9.98 Å². The van der Waals surface area contributed by atoms with E-state index in [4.69, 9.17) is 0 Å². The predicted octanol–water partition coefficient (Wildman–Crippen LogP) is 3.75. The van der Waals surface area contributed by atoms with Crippen LogP contribution in [-0.2, 0) is 13.1 Å². The lowest BCUT2D eigenvalue weighted by atomic mass is 10.1. The Kier molecular flexibility index (Phi) is 5.91. The van der Waals surface area contributed by atoms with Gasteiger partial charge in [0.15, 0.2) is 23.0 Å². The monoisotopic (exact) mass is 376 g/mol. The number of hydrogen-bond acceptors (Lipinski definition) is 6. The molecule has 0 bridgehead atoms. The van der Waals surface area contributed by atoms with Gasteiger partial charge in [-0.25, -0.2) is 0 Å². The van der Waals surface area contributed by atoms with Gasteiger partial charge >= 0.3 is 0 Å². The van der Waals surface area contributed by atoms with Gasteiger partial charge in [-0.2, -0.15) is 0 Å². The fraction of sp³-hybridized carbons (Fsp3) is 0.0909. The third-order valence-electron chi connectivity index (χ3n) is 4.09. The van der Waals surface area contributed by atoms with Crippen molar-refractivity contribution in [3.8, 4) is 23.0 Å². The second-order valence-electron chi connectivity index (χ2n) is 6.19. The van der Waals surface area contributed by atoms with Gasteiger partial charge in [-0.05, 0) is 35.4 Å². The van der Waals surface area contributed by atoms with Crippen LogP contribution in [0.3, 0.4) is 0 Å². The molecule has 0 fully saturated rings. The molecule has 28 heavy (non-hydrogen) atoms. The Hall–Kier alpha value is -3.80. The zero-order valence-corrected chi connectivity index (χ0v) is 15.0. The molecule has 0 unspecified atom stereocenters. The zero-order valence-electron chi connectivity index (χ0n) is 15.0. The summed E-state index contributed by atoms with van der Waals surface area (Å²) in [5.74, 6) is -0.739. The highest BCUT2D eigenvalue weighted by atomic mass is 16.3. The second-order valence-corrected chi connectivity index (χ2v) is 6.19. The van der Waals surface area contributed by atoms with Crippen molar-refractivity contribution >= 4 is 12.4 Å². The molecule has 3 aromatic carbocycles. The standard InChI is InChI=1S/C22H20N2O4/c25-19-8-2-6-17(21(19)27)13-23-11-15-4-1-5-16(10-15)12-24-14-18-7-3-9-20(26)22(18)28/h1-10,13-14,25-28H,11-12H2. The van der Waals surface area contributed by atoms with Crippen molar-refractivity contribution in [1.29, 1.82) is 0 Å². The lowest BCUT2D eigenvalue weighted by molar-refractivity contribution is 0.403. The number of aromatic hydroxyl groups is 4. The number of nitrogens with zero attached hydrogens (tertiary/aromatic N) is 2. The summed E-state index contributed by atoms with van der Waals surface area (Å²) in [4.78, 5) is 8.62. The third kappa shape index (κ3) is 4.67. The first kappa shape index (κ1) is 19.0. The fourth-order valence-corrected chi connectivity index (χ4v) is 2.63. The van der Waals surface area contributed by atoms with E-state index in [-0.39, 0.29) is 23.0 Å². The van der Waals surface area contributed by atoms with E-state index in [0.717, 1.165) is 11.1 Å². The predicted molar refractivity (Wildman–Crippen MR) is 109 cm³/mol. The molecule has 3 aromatic rings. The largest absolute Gasteiger partial charge is 0.504 e. The van der Waals surface area contributed by atoms with Crippen LogP contribution in [0.1, 0.15) is 22.3 Å². The molecule has 0 aliphatic rings. The molecular formula is C22H20N2O4. The van der Waals surface area contributed by atoms with E-state index >= 15 is 0 Å². The quantitative estimate of drug-likeness (QED) is 0.388. The van der Waals surface area contributed by atoms with Crippen LogP contribution in [0.4, 0.5) is 0 Å². The number of phenols is 4. The van der Waals surface area contributed by atoms with Crippen molar-refractivity contribution in [1.82, 2.24) is 0 Å². The summed E-state index contributed by atoms with van der Waals surface area (Å²) in [6, 6.07) is 17.2. The van der Waals surface area contributed by atoms with Crippen LogP contribution < -0.4 is 0 Å². The van der Waals surface area contributed by atoms with Crippen molar-refractivity contribution in [2.24, 2.45) is 9.98 Å². The molecule has 6 heteroatoms. The molecule has 3 rings (SSSR count). The van der Waals surface area contributed by atoms with Gasteiger partial charge in [0, 0.05) is 23.6 Å². The third-order valence-corrected chi connectivity index (χ3v) is 4.09. The van der Waals surface area contributed by atoms with Crippen molar-refractivity contribution in [2.75, 3.05) is 0 Å². The topological polar surface area (TPSA) is 106 Å². The highest BCUT2D eigenvalue weighted by Gasteiger charge is 2.04. The van der Waals surface area contributed by atoms with E-state index in [1.54, 1.807) is 24.3 Å². The molecule has 0 aromatic heterocycles. The minimum absolute atomic E-state index is 0.179. The average Bonchev–Trinajstić information content (AvgIpc) is 2.69. The first-order chi connectivity index (χ1) is 13.5. The van der Waals surface area contributed by atoms with Crippen molar-refractivity contribution in [3.05, 3.63) is 82.9 Å². The molecular weight excluding hydrogens is 356 g/mol. The van der Waals surface area contributed by atoms with Gasteiger partial charge in [0.2, 0.25) is 0 Å². The molecule has 0 aliphatic heterocycles. The maximum Gasteiger partial charge on any atom is 0.166 e. The smallest absolute Gasteiger partial charge is 0.166 e. The van der Waals surface area contributed by atoms with E-state index in [9.17, 15) is 20.4 Å². The summed E-state index contributed by atoms with van der Waals surface area (Å²) in [5.41, 5.74) is 2.85. The van der Waals surface area contributed by atoms with E-state index in [1.807, 2.05) is 24.3 Å². The molecule has 0 saturated heterocycles. The summed E-state index contributed by atoms with van der Waals surface area (Å²) in [6.45, 7) is 0.833. The number of hydrogen-bond donors (Lipinski definition) is 4. The number of rotatable bonds is 6. The van der Waals surface area contributed by atoms with E-state index in [0.29, 0.717) is 24.2 Å². The van der Waals surface area contributed by atoms with Crippen molar-refractivity contribution in [2.45, 2.75) is 13.1 Å². The molecule has 0 atom stereocenters. The molecule has 4 N–H and O–H groups in total. The number of benzene rings is 3. The van der Waals surface area contributed by atoms with Gasteiger partial charge < -0.3 is 20.4 Å². The molecule has 0 aliphatic carbocycles. The van der Waals surface area contributed by atoms with Gasteiger partial charge in [-0.15, -0.1) is 0 Å². The Morgan fingerprint density at radius 1 is 0.607 bits per heavy atom. The summed E-state index contributed by atoms with van der Waals surface area (Å²) < 4.78 is 0. The summed E-state index contributed by atoms with van der Waals surface area (Å²) in [7, 11) is 0. The molecule has 142 valence electrons. The molecule has 0 amide bonds. The average molecular weight is 376 g/mol. The molecule has 0 spiro atoms. The number of para-hydroxylation sites is 2. The molecule has 0 saturated carbocycles. The van der Waals surface area contributed by atoms with Crippen LogP contribution in [0, 0.1) is 0 Å². The van der Waals surface area contributed by atoms with Crippen LogP contribution in [-0.4, -0.2) is 32.9 Å². The maximum atomic E-state index is 9.78. The first-order valence-electron chi connectivity index (χ1n) is 8.64. The Balaban J connectivity index is 1.64. The minimum atomic E-state index is -0.190. The van der Waals surface area contributed by atoms with Crippen LogP contribution >= 0.6 is 0 Å². The van der Waals surface area contributed by atoms with Crippen molar-refractivity contribution < 1.29 is 20.4 Å². The Labute approximate surface area is 162 Å². The first-order valence-corrected chi connectivity index (χ1v) is 8.64. The maximum absolute atomic E-state index is 9.78. The van der Waals surface area contributed by atoms with Crippen LogP contribution in [0.5, 0.6) is 23.0 Å². The fourth-order valence-electron chi connectivity index (χ4n) is 2.63. The molecule has 0 heterocycles. The van der Waals surface area contributed by atoms with E-state index in [2.05, 4.69) is 9.98 Å². The Morgan fingerprint density at radius 3 is 1.50 bits per heavy atom. The van der Waals surface area contributed by atoms with Crippen molar-refractivity contribution in [3.63, 3.8) is 0 Å². The van der Waals surface area contributed by atoms with Gasteiger partial charge in [0.05, 0.1) is 13.1 Å². The SMILES string of the molecule is Oc1cccc(C=NCc2cccc(CN=Cc3cccc(O)c3O)c2)c1O. The van der Waals surface area contributed by atoms with E-state index < -0.39 is 0 Å². The Morgan fingerprint density at radius 2 is 1.04 bits per heavy atom. The van der Waals surface area contributed by atoms with E-state index in [1.165, 1.54) is 24.6 Å². The van der Waals surface area contributed by atoms with Crippen LogP contribution in [0.25, 0.3) is 0 Å². The lowest BCUT2D eigenvalue weighted by Crippen LogP contribution is -1.89. The van der Waals surface area contributed by atoms with Gasteiger partial charge in [0.1, 0.15) is 0 Å². The minimum Gasteiger partial charge on any atom is -0.504 e. The summed E-state index contributed by atoms with van der Waals surface area (Å²) >= 11 is 0. The normalized spacial score (nSPS) is 11.4. The molecule has 6 nitrogen and oxygen atoms in total. The molecule has 0 radical (unpaired) electrons. The summed E-state index contributed by atoms with van der Waals surface area (Å²) in [5, 5.41) is 38.5. The number of aliphatic imine (C=N–C) groups is 2. The van der Waals surface area contributed by atoms with Gasteiger partial charge in [-0.1, -0.05) is 36.4 Å². The second kappa shape index (κ2) is 8.73. The van der Waals surface area contributed by atoms with Crippen LogP contribution in [0.2, 0.25) is 0 Å².